The van der Waals surface area contributed by atoms with Gasteiger partial charge in [-0.25, -0.2) is 12.7 Å². The zero-order chi connectivity index (χ0) is 18.7. The van der Waals surface area contributed by atoms with Crippen molar-refractivity contribution in [3.63, 3.8) is 0 Å². The molecule has 0 N–H and O–H groups in total. The fourth-order valence-electron chi connectivity index (χ4n) is 3.75. The van der Waals surface area contributed by atoms with Crippen LogP contribution in [-0.4, -0.2) is 49.7 Å². The van der Waals surface area contributed by atoms with E-state index in [-0.39, 0.29) is 17.6 Å². The summed E-state index contributed by atoms with van der Waals surface area (Å²) in [6.45, 7) is 4.82. The van der Waals surface area contributed by atoms with Gasteiger partial charge in [-0.2, -0.15) is 0 Å². The number of nitrogens with zero attached hydrogens (tertiary/aromatic N) is 2. The predicted molar refractivity (Wildman–Crippen MR) is 106 cm³/mol. The Balaban J connectivity index is 1.54. The molecule has 144 valence electrons. The second-order valence-electron chi connectivity index (χ2n) is 7.56. The Hall–Kier alpha value is -0.920. The summed E-state index contributed by atoms with van der Waals surface area (Å²) in [5.41, 5.74) is 0.786. The molecule has 0 aliphatic carbocycles. The number of carbonyl (C=O) groups excluding carboxylic acids is 1. The highest BCUT2D eigenvalue weighted by molar-refractivity contribution is 9.10. The van der Waals surface area contributed by atoms with Crippen molar-refractivity contribution in [2.45, 2.75) is 38.4 Å². The van der Waals surface area contributed by atoms with Crippen LogP contribution in [0.3, 0.4) is 0 Å². The Morgan fingerprint density at radius 3 is 2.19 bits per heavy atom. The summed E-state index contributed by atoms with van der Waals surface area (Å²) in [5, 5.41) is 0. The summed E-state index contributed by atoms with van der Waals surface area (Å²) in [5.74, 6) is 0.914. The van der Waals surface area contributed by atoms with Crippen molar-refractivity contribution >= 4 is 31.9 Å². The fraction of sp³-hybridized carbons (Fsp3) is 0.632. The molecule has 0 unspecified atom stereocenters. The van der Waals surface area contributed by atoms with Crippen molar-refractivity contribution in [1.82, 2.24) is 9.21 Å². The summed E-state index contributed by atoms with van der Waals surface area (Å²) in [4.78, 5) is 14.7. The van der Waals surface area contributed by atoms with Crippen LogP contribution in [-0.2, 0) is 20.6 Å². The Kier molecular flexibility index (Phi) is 6.41. The molecule has 2 heterocycles. The first-order chi connectivity index (χ1) is 12.3. The van der Waals surface area contributed by atoms with Crippen LogP contribution in [0.2, 0.25) is 0 Å². The monoisotopic (exact) mass is 442 g/mol. The minimum atomic E-state index is -3.34. The minimum Gasteiger partial charge on any atom is -0.342 e. The molecule has 2 aliphatic heterocycles. The van der Waals surface area contributed by atoms with Crippen molar-refractivity contribution in [3.05, 3.63) is 34.3 Å². The lowest BCUT2D eigenvalue weighted by molar-refractivity contribution is -0.138. The van der Waals surface area contributed by atoms with Gasteiger partial charge in [0.15, 0.2) is 0 Å². The molecule has 0 aromatic heterocycles. The largest absolute Gasteiger partial charge is 0.342 e. The van der Waals surface area contributed by atoms with Gasteiger partial charge >= 0.3 is 0 Å². The van der Waals surface area contributed by atoms with Crippen molar-refractivity contribution in [1.29, 1.82) is 0 Å². The van der Waals surface area contributed by atoms with E-state index >= 15 is 0 Å². The number of carbonyl (C=O) groups is 1. The van der Waals surface area contributed by atoms with Crippen LogP contribution in [0.15, 0.2) is 28.7 Å². The highest BCUT2D eigenvalue weighted by Gasteiger charge is 2.33. The molecule has 1 amide bonds. The van der Waals surface area contributed by atoms with Gasteiger partial charge < -0.3 is 4.90 Å². The Labute approximate surface area is 164 Å². The maximum absolute atomic E-state index is 12.7. The smallest absolute Gasteiger partial charge is 0.225 e. The van der Waals surface area contributed by atoms with Crippen molar-refractivity contribution in [3.8, 4) is 0 Å². The molecule has 0 saturated carbocycles. The lowest BCUT2D eigenvalue weighted by Gasteiger charge is -2.36. The summed E-state index contributed by atoms with van der Waals surface area (Å²) >= 11 is 3.36. The maximum Gasteiger partial charge on any atom is 0.225 e. The Bertz CT molecular complexity index is 720. The molecule has 0 bridgehead atoms. The third kappa shape index (κ3) is 4.87. The van der Waals surface area contributed by atoms with Crippen molar-refractivity contribution < 1.29 is 13.2 Å². The topological polar surface area (TPSA) is 57.7 Å². The predicted octanol–water partition coefficient (Wildman–Crippen LogP) is 3.25. The van der Waals surface area contributed by atoms with Crippen LogP contribution >= 0.6 is 15.9 Å². The van der Waals surface area contributed by atoms with E-state index in [0.717, 1.165) is 36.0 Å². The fourth-order valence-corrected chi connectivity index (χ4v) is 5.58. The molecule has 26 heavy (non-hydrogen) atoms. The Morgan fingerprint density at radius 2 is 1.62 bits per heavy atom. The first-order valence-electron chi connectivity index (χ1n) is 9.36. The summed E-state index contributed by atoms with van der Waals surface area (Å²) in [7, 11) is -3.34. The van der Waals surface area contributed by atoms with E-state index in [1.54, 1.807) is 4.31 Å². The van der Waals surface area contributed by atoms with E-state index in [2.05, 4.69) is 22.9 Å². The van der Waals surface area contributed by atoms with E-state index in [1.165, 1.54) is 0 Å². The third-order valence-corrected chi connectivity index (χ3v) is 7.93. The molecular weight excluding hydrogens is 416 g/mol. The van der Waals surface area contributed by atoms with Gasteiger partial charge in [0, 0.05) is 36.6 Å². The molecule has 0 spiro atoms. The zero-order valence-corrected chi connectivity index (χ0v) is 17.6. The summed E-state index contributed by atoms with van der Waals surface area (Å²) < 4.78 is 27.8. The number of amides is 1. The van der Waals surface area contributed by atoms with Gasteiger partial charge in [0.05, 0.1) is 5.75 Å². The summed E-state index contributed by atoms with van der Waals surface area (Å²) in [6.07, 6.45) is 3.41. The average Bonchev–Trinajstić information content (AvgIpc) is 2.64. The molecule has 0 radical (unpaired) electrons. The molecule has 2 aliphatic rings. The molecule has 7 heteroatoms. The highest BCUT2D eigenvalue weighted by Crippen LogP contribution is 2.26. The Morgan fingerprint density at radius 1 is 1.04 bits per heavy atom. The van der Waals surface area contributed by atoms with E-state index in [1.807, 2.05) is 29.2 Å². The van der Waals surface area contributed by atoms with Crippen LogP contribution in [0.5, 0.6) is 0 Å². The van der Waals surface area contributed by atoms with Crippen LogP contribution < -0.4 is 0 Å². The molecule has 1 aromatic carbocycles. The molecule has 0 atom stereocenters. The van der Waals surface area contributed by atoms with Crippen LogP contribution in [0, 0.1) is 11.8 Å². The summed E-state index contributed by atoms with van der Waals surface area (Å²) in [6, 6.07) is 7.37. The first kappa shape index (κ1) is 19.8. The highest BCUT2D eigenvalue weighted by atomic mass is 79.9. The molecule has 2 fully saturated rings. The zero-order valence-electron chi connectivity index (χ0n) is 15.2. The number of sulfonamides is 1. The van der Waals surface area contributed by atoms with E-state index in [0.29, 0.717) is 31.8 Å². The van der Waals surface area contributed by atoms with E-state index in [9.17, 15) is 13.2 Å². The van der Waals surface area contributed by atoms with Crippen LogP contribution in [0.4, 0.5) is 0 Å². The standard InChI is InChI=1S/C19H27BrN2O3S/c1-15-6-10-21(11-7-15)19(23)17-8-12-22(13-9-17)26(24,25)14-16-2-4-18(20)5-3-16/h2-5,15,17H,6-14H2,1H3. The normalized spacial score (nSPS) is 21.1. The van der Waals surface area contributed by atoms with Gasteiger partial charge in [-0.1, -0.05) is 35.0 Å². The van der Waals surface area contributed by atoms with Gasteiger partial charge in [-0.3, -0.25) is 4.79 Å². The number of rotatable bonds is 4. The molecular formula is C19H27BrN2O3S. The van der Waals surface area contributed by atoms with Gasteiger partial charge in [-0.05, 0) is 49.3 Å². The molecule has 2 saturated heterocycles. The van der Waals surface area contributed by atoms with E-state index in [4.69, 9.17) is 0 Å². The SMILES string of the molecule is CC1CCN(C(=O)C2CCN(S(=O)(=O)Cc3ccc(Br)cc3)CC2)CC1. The average molecular weight is 443 g/mol. The van der Waals surface area contributed by atoms with Gasteiger partial charge in [-0.15, -0.1) is 0 Å². The van der Waals surface area contributed by atoms with Crippen molar-refractivity contribution in [2.75, 3.05) is 26.2 Å². The third-order valence-electron chi connectivity index (χ3n) is 5.55. The number of piperidine rings is 2. The van der Waals surface area contributed by atoms with Gasteiger partial charge in [0.2, 0.25) is 15.9 Å². The molecule has 1 aromatic rings. The number of hydrogen-bond donors (Lipinski definition) is 0. The number of halogens is 1. The molecule has 5 nitrogen and oxygen atoms in total. The van der Waals surface area contributed by atoms with Gasteiger partial charge in [0.1, 0.15) is 0 Å². The van der Waals surface area contributed by atoms with Crippen molar-refractivity contribution in [2.24, 2.45) is 11.8 Å². The number of likely N-dealkylation sites (tertiary alicyclic amines) is 1. The number of benzene rings is 1. The van der Waals surface area contributed by atoms with Gasteiger partial charge in [0.25, 0.3) is 0 Å². The lowest BCUT2D eigenvalue weighted by Crippen LogP contribution is -2.46. The van der Waals surface area contributed by atoms with E-state index < -0.39 is 10.0 Å². The van der Waals surface area contributed by atoms with Crippen LogP contribution in [0.1, 0.15) is 38.2 Å². The second-order valence-corrected chi connectivity index (χ2v) is 10.4. The lowest BCUT2D eigenvalue weighted by atomic mass is 9.93. The minimum absolute atomic E-state index is 0.0168. The maximum atomic E-state index is 12.7. The first-order valence-corrected chi connectivity index (χ1v) is 11.8. The van der Waals surface area contributed by atoms with Crippen LogP contribution in [0.25, 0.3) is 0 Å². The molecule has 3 rings (SSSR count). The number of hydrogen-bond acceptors (Lipinski definition) is 3. The quantitative estimate of drug-likeness (QED) is 0.718. The second kappa shape index (κ2) is 8.40.